The molecule has 0 aliphatic heterocycles. The third-order valence-corrected chi connectivity index (χ3v) is 7.55. The van der Waals surface area contributed by atoms with Gasteiger partial charge in [0, 0.05) is 12.3 Å². The van der Waals surface area contributed by atoms with Gasteiger partial charge in [0.05, 0.1) is 12.1 Å². The highest BCUT2D eigenvalue weighted by molar-refractivity contribution is 8.56. The second-order valence-electron chi connectivity index (χ2n) is 3.06. The molecule has 6 heteroatoms. The highest BCUT2D eigenvalue weighted by Gasteiger charge is 2.29. The van der Waals surface area contributed by atoms with Gasteiger partial charge < -0.3 is 4.52 Å². The predicted octanol–water partition coefficient (Wildman–Crippen LogP) is 3.72. The first-order valence-electron chi connectivity index (χ1n) is 4.72. The van der Waals surface area contributed by atoms with Crippen LogP contribution in [0.4, 0.5) is 0 Å². The Kier molecular flexibility index (Phi) is 7.53. The highest BCUT2D eigenvalue weighted by Crippen LogP contribution is 2.63. The monoisotopic (exact) mass is 267 g/mol. The first-order chi connectivity index (χ1) is 7.00. The van der Waals surface area contributed by atoms with E-state index in [4.69, 9.17) is 16.7 Å². The Morgan fingerprint density at radius 1 is 1.73 bits per heavy atom. The molecule has 0 aromatic rings. The van der Waals surface area contributed by atoms with Crippen LogP contribution in [0.15, 0.2) is 12.7 Å². The van der Waals surface area contributed by atoms with Crippen molar-refractivity contribution in [3.8, 4) is 0 Å². The largest absolute Gasteiger partial charge is 0.354 e. The van der Waals surface area contributed by atoms with Gasteiger partial charge in [0.15, 0.2) is 0 Å². The van der Waals surface area contributed by atoms with E-state index in [1.807, 2.05) is 13.8 Å². The first kappa shape index (κ1) is 15.2. The molecule has 0 aromatic carbocycles. The van der Waals surface area contributed by atoms with E-state index >= 15 is 0 Å². The molecule has 0 bridgehead atoms. The minimum atomic E-state index is -2.88. The minimum absolute atomic E-state index is 0.272. The molecule has 0 N–H and O–H groups in total. The Morgan fingerprint density at radius 3 is 2.73 bits per heavy atom. The van der Waals surface area contributed by atoms with Crippen LogP contribution in [-0.2, 0) is 9.09 Å². The topological polar surface area (TPSA) is 29.5 Å². The molecule has 2 unspecified atom stereocenters. The van der Waals surface area contributed by atoms with Gasteiger partial charge in [-0.15, -0.1) is 6.58 Å². The molecule has 0 rings (SSSR count). The van der Waals surface area contributed by atoms with Gasteiger partial charge in [0.25, 0.3) is 0 Å². The molecule has 0 amide bonds. The van der Waals surface area contributed by atoms with Gasteiger partial charge in [-0.2, -0.15) is 0 Å². The van der Waals surface area contributed by atoms with E-state index < -0.39 is 6.72 Å². The van der Waals surface area contributed by atoms with Crippen LogP contribution in [0.1, 0.15) is 20.3 Å². The summed E-state index contributed by atoms with van der Waals surface area (Å²) in [7, 11) is 1.67. The van der Waals surface area contributed by atoms with E-state index in [1.165, 1.54) is 21.5 Å². The van der Waals surface area contributed by atoms with E-state index in [2.05, 4.69) is 6.58 Å². The van der Waals surface area contributed by atoms with E-state index in [9.17, 15) is 4.57 Å². The van der Waals surface area contributed by atoms with Crippen LogP contribution < -0.4 is 0 Å². The van der Waals surface area contributed by atoms with Gasteiger partial charge in [0.2, 0.25) is 0 Å². The summed E-state index contributed by atoms with van der Waals surface area (Å²) in [4.78, 5) is 0. The fourth-order valence-corrected chi connectivity index (χ4v) is 5.42. The molecule has 3 nitrogen and oxygen atoms in total. The molecular weight excluding hydrogens is 249 g/mol. The van der Waals surface area contributed by atoms with Crippen molar-refractivity contribution in [2.75, 3.05) is 13.7 Å². The molecule has 15 heavy (non-hydrogen) atoms. The van der Waals surface area contributed by atoms with Crippen molar-refractivity contribution in [1.29, 1.82) is 0 Å². The van der Waals surface area contributed by atoms with Crippen molar-refractivity contribution in [2.45, 2.75) is 25.5 Å². The van der Waals surface area contributed by atoms with Gasteiger partial charge in [-0.1, -0.05) is 32.1 Å². The van der Waals surface area contributed by atoms with E-state index in [1.54, 1.807) is 13.1 Å². The Labute approximate surface area is 102 Å². The number of rotatable bonds is 8. The lowest BCUT2D eigenvalue weighted by Crippen LogP contribution is -2.13. The fourth-order valence-electron chi connectivity index (χ4n) is 0.702. The smallest absolute Gasteiger partial charge is 0.301 e. The lowest BCUT2D eigenvalue weighted by atomic mass is 10.4. The van der Waals surface area contributed by atoms with Crippen LogP contribution in [0.2, 0.25) is 0 Å². The summed E-state index contributed by atoms with van der Waals surface area (Å²) in [5, 5.41) is 0.276. The SMILES string of the molecule is C=CCOP(=O)(SC(C)CC)N(C)C=S. The van der Waals surface area contributed by atoms with Crippen molar-refractivity contribution in [3.05, 3.63) is 12.7 Å². The lowest BCUT2D eigenvalue weighted by molar-refractivity contribution is 0.343. The van der Waals surface area contributed by atoms with Gasteiger partial charge in [-0.05, 0) is 17.8 Å². The standard InChI is InChI=1S/C9H18NO2PS2/c1-5-7-12-13(11,10(4)8-14)15-9(3)6-2/h5,8-9H,1,6-7H2,2-4H3. The third kappa shape index (κ3) is 5.16. The van der Waals surface area contributed by atoms with Crippen molar-refractivity contribution < 1.29 is 9.09 Å². The molecule has 0 aromatic heterocycles. The summed E-state index contributed by atoms with van der Waals surface area (Å²) in [5.74, 6) is 0. The zero-order valence-electron chi connectivity index (χ0n) is 9.38. The molecule has 0 spiro atoms. The minimum Gasteiger partial charge on any atom is -0.301 e. The lowest BCUT2D eigenvalue weighted by Gasteiger charge is -2.26. The molecule has 2 atom stereocenters. The van der Waals surface area contributed by atoms with Crippen LogP contribution >= 0.6 is 30.3 Å². The van der Waals surface area contributed by atoms with Crippen molar-refractivity contribution in [1.82, 2.24) is 4.67 Å². The average Bonchev–Trinajstić information content (AvgIpc) is 2.24. The van der Waals surface area contributed by atoms with Crippen LogP contribution in [0.3, 0.4) is 0 Å². The Bertz CT molecular complexity index is 260. The summed E-state index contributed by atoms with van der Waals surface area (Å²) in [5.41, 5.74) is 1.36. The summed E-state index contributed by atoms with van der Waals surface area (Å²) in [6.07, 6.45) is 2.53. The second kappa shape index (κ2) is 7.44. The van der Waals surface area contributed by atoms with Crippen LogP contribution in [-0.4, -0.2) is 29.1 Å². The predicted molar refractivity (Wildman–Crippen MR) is 72.5 cm³/mol. The van der Waals surface area contributed by atoms with Gasteiger partial charge >= 0.3 is 6.72 Å². The maximum atomic E-state index is 12.4. The summed E-state index contributed by atoms with van der Waals surface area (Å²) in [6, 6.07) is 0. The zero-order chi connectivity index (χ0) is 11.9. The van der Waals surface area contributed by atoms with Gasteiger partial charge in [-0.3, -0.25) is 9.24 Å². The van der Waals surface area contributed by atoms with Crippen molar-refractivity contribution >= 4 is 35.8 Å². The molecule has 0 saturated carbocycles. The van der Waals surface area contributed by atoms with Crippen LogP contribution in [0.5, 0.6) is 0 Å². The summed E-state index contributed by atoms with van der Waals surface area (Å²) in [6.45, 7) is 5.00. The normalized spacial score (nSPS) is 16.5. The maximum absolute atomic E-state index is 12.4. The number of hydrogen-bond donors (Lipinski definition) is 0. The molecule has 0 saturated heterocycles. The number of nitrogens with zero attached hydrogens (tertiary/aromatic N) is 1. The quantitative estimate of drug-likeness (QED) is 0.380. The average molecular weight is 267 g/mol. The maximum Gasteiger partial charge on any atom is 0.354 e. The van der Waals surface area contributed by atoms with Gasteiger partial charge in [0.1, 0.15) is 0 Å². The molecule has 0 aliphatic carbocycles. The van der Waals surface area contributed by atoms with E-state index in [0.717, 1.165) is 6.42 Å². The molecule has 88 valence electrons. The molecule has 0 fully saturated rings. The summed E-state index contributed by atoms with van der Waals surface area (Å²) >= 11 is 6.11. The molecule has 0 heterocycles. The molecular formula is C9H18NO2PS2. The molecule has 0 radical (unpaired) electrons. The van der Waals surface area contributed by atoms with E-state index in [0.29, 0.717) is 0 Å². The summed E-state index contributed by atoms with van der Waals surface area (Å²) < 4.78 is 19.2. The first-order valence-corrected chi connectivity index (χ1v) is 8.26. The Hall–Kier alpha value is 0.170. The second-order valence-corrected chi connectivity index (χ2v) is 8.13. The Morgan fingerprint density at radius 2 is 2.33 bits per heavy atom. The Balaban J connectivity index is 4.61. The van der Waals surface area contributed by atoms with Crippen LogP contribution in [0.25, 0.3) is 0 Å². The van der Waals surface area contributed by atoms with Crippen LogP contribution in [0, 0.1) is 0 Å². The third-order valence-electron chi connectivity index (χ3n) is 1.78. The fraction of sp³-hybridized carbons (Fsp3) is 0.667. The van der Waals surface area contributed by atoms with Gasteiger partial charge in [-0.25, -0.2) is 0 Å². The van der Waals surface area contributed by atoms with Crippen molar-refractivity contribution in [2.24, 2.45) is 0 Å². The number of hydrogen-bond acceptors (Lipinski definition) is 4. The zero-order valence-corrected chi connectivity index (χ0v) is 11.9. The van der Waals surface area contributed by atoms with Crippen molar-refractivity contribution in [3.63, 3.8) is 0 Å². The molecule has 0 aliphatic rings. The number of thiocarbonyl (C=S) groups is 1. The highest BCUT2D eigenvalue weighted by atomic mass is 32.7. The van der Waals surface area contributed by atoms with E-state index in [-0.39, 0.29) is 11.9 Å².